The Labute approximate surface area is 94.1 Å². The maximum absolute atomic E-state index is 9.24. The SMILES string of the molecule is CCN(CC)C1CCN(CCC(C)O)C1. The monoisotopic (exact) mass is 214 g/mol. The van der Waals surface area contributed by atoms with Gasteiger partial charge >= 0.3 is 0 Å². The van der Waals surface area contributed by atoms with Gasteiger partial charge < -0.3 is 10.0 Å². The Bertz CT molecular complexity index is 169. The predicted molar refractivity (Wildman–Crippen MR) is 64.1 cm³/mol. The molecular weight excluding hydrogens is 188 g/mol. The molecule has 2 unspecified atom stereocenters. The number of aliphatic hydroxyl groups excluding tert-OH is 1. The molecule has 0 radical (unpaired) electrons. The zero-order chi connectivity index (χ0) is 11.3. The third-order valence-electron chi connectivity index (χ3n) is 3.44. The van der Waals surface area contributed by atoms with Crippen molar-refractivity contribution in [1.29, 1.82) is 0 Å². The van der Waals surface area contributed by atoms with Crippen LogP contribution in [0.1, 0.15) is 33.6 Å². The molecule has 1 aliphatic heterocycles. The number of hydrogen-bond acceptors (Lipinski definition) is 3. The summed E-state index contributed by atoms with van der Waals surface area (Å²) in [7, 11) is 0. The summed E-state index contributed by atoms with van der Waals surface area (Å²) in [6.45, 7) is 12.1. The highest BCUT2D eigenvalue weighted by molar-refractivity contribution is 4.82. The highest BCUT2D eigenvalue weighted by atomic mass is 16.3. The molecule has 0 bridgehead atoms. The van der Waals surface area contributed by atoms with Gasteiger partial charge in [0.15, 0.2) is 0 Å². The third kappa shape index (κ3) is 4.09. The zero-order valence-electron chi connectivity index (χ0n) is 10.4. The summed E-state index contributed by atoms with van der Waals surface area (Å²) in [5, 5.41) is 9.24. The summed E-state index contributed by atoms with van der Waals surface area (Å²) in [5.41, 5.74) is 0. The van der Waals surface area contributed by atoms with E-state index >= 15 is 0 Å². The van der Waals surface area contributed by atoms with Crippen molar-refractivity contribution in [2.24, 2.45) is 0 Å². The van der Waals surface area contributed by atoms with Gasteiger partial charge in [0.1, 0.15) is 0 Å². The van der Waals surface area contributed by atoms with Crippen LogP contribution in [0.2, 0.25) is 0 Å². The van der Waals surface area contributed by atoms with Gasteiger partial charge in [-0.2, -0.15) is 0 Å². The lowest BCUT2D eigenvalue weighted by atomic mass is 10.2. The maximum atomic E-state index is 9.24. The second kappa shape index (κ2) is 6.46. The van der Waals surface area contributed by atoms with Crippen molar-refractivity contribution >= 4 is 0 Å². The highest BCUT2D eigenvalue weighted by Crippen LogP contribution is 2.15. The van der Waals surface area contributed by atoms with Gasteiger partial charge in [0.2, 0.25) is 0 Å². The smallest absolute Gasteiger partial charge is 0.0524 e. The molecule has 0 spiro atoms. The van der Waals surface area contributed by atoms with Crippen LogP contribution in [-0.2, 0) is 0 Å². The summed E-state index contributed by atoms with van der Waals surface area (Å²) in [4.78, 5) is 5.03. The van der Waals surface area contributed by atoms with Crippen molar-refractivity contribution in [3.8, 4) is 0 Å². The second-order valence-corrected chi connectivity index (χ2v) is 4.60. The molecule has 0 aliphatic carbocycles. The van der Waals surface area contributed by atoms with Crippen molar-refractivity contribution in [2.45, 2.75) is 45.8 Å². The fourth-order valence-electron chi connectivity index (χ4n) is 2.42. The Hall–Kier alpha value is -0.120. The molecule has 90 valence electrons. The van der Waals surface area contributed by atoms with E-state index in [0.717, 1.165) is 32.1 Å². The minimum absolute atomic E-state index is 0.155. The Morgan fingerprint density at radius 2 is 2.07 bits per heavy atom. The maximum Gasteiger partial charge on any atom is 0.0524 e. The molecule has 1 aliphatic rings. The first kappa shape index (κ1) is 12.9. The van der Waals surface area contributed by atoms with E-state index in [-0.39, 0.29) is 6.10 Å². The first-order valence-electron chi connectivity index (χ1n) is 6.31. The van der Waals surface area contributed by atoms with Crippen molar-refractivity contribution in [3.05, 3.63) is 0 Å². The minimum atomic E-state index is -0.155. The average molecular weight is 214 g/mol. The van der Waals surface area contributed by atoms with Crippen LogP contribution in [0.15, 0.2) is 0 Å². The molecule has 0 saturated carbocycles. The number of aliphatic hydroxyl groups is 1. The van der Waals surface area contributed by atoms with Gasteiger partial charge in [-0.05, 0) is 39.4 Å². The third-order valence-corrected chi connectivity index (χ3v) is 3.44. The van der Waals surface area contributed by atoms with Crippen LogP contribution in [0.4, 0.5) is 0 Å². The van der Waals surface area contributed by atoms with Gasteiger partial charge in [-0.3, -0.25) is 4.90 Å². The molecule has 1 rings (SSSR count). The van der Waals surface area contributed by atoms with Crippen molar-refractivity contribution < 1.29 is 5.11 Å². The van der Waals surface area contributed by atoms with Crippen molar-refractivity contribution in [2.75, 3.05) is 32.7 Å². The van der Waals surface area contributed by atoms with E-state index in [1.807, 2.05) is 6.92 Å². The number of likely N-dealkylation sites (tertiary alicyclic amines) is 1. The molecule has 1 saturated heterocycles. The Balaban J connectivity index is 2.25. The molecule has 0 aromatic heterocycles. The lowest BCUT2D eigenvalue weighted by Gasteiger charge is -2.26. The Kier molecular flexibility index (Phi) is 5.58. The minimum Gasteiger partial charge on any atom is -0.393 e. The van der Waals surface area contributed by atoms with Crippen molar-refractivity contribution in [1.82, 2.24) is 9.80 Å². The molecule has 0 aromatic carbocycles. The average Bonchev–Trinajstić information content (AvgIpc) is 2.65. The van der Waals surface area contributed by atoms with Gasteiger partial charge in [-0.1, -0.05) is 13.8 Å². The van der Waals surface area contributed by atoms with Gasteiger partial charge in [0.05, 0.1) is 6.10 Å². The molecule has 0 amide bonds. The molecule has 15 heavy (non-hydrogen) atoms. The summed E-state index contributed by atoms with van der Waals surface area (Å²) in [6.07, 6.45) is 2.05. The van der Waals surface area contributed by atoms with Crippen LogP contribution in [0.3, 0.4) is 0 Å². The number of likely N-dealkylation sites (N-methyl/N-ethyl adjacent to an activating group) is 1. The molecule has 2 atom stereocenters. The quantitative estimate of drug-likeness (QED) is 0.719. The normalized spacial score (nSPS) is 25.0. The standard InChI is InChI=1S/C12H26N2O/c1-4-14(5-2)12-7-9-13(10-12)8-6-11(3)15/h11-12,15H,4-10H2,1-3H3. The lowest BCUT2D eigenvalue weighted by molar-refractivity contribution is 0.158. The van der Waals surface area contributed by atoms with Crippen molar-refractivity contribution in [3.63, 3.8) is 0 Å². The van der Waals surface area contributed by atoms with Gasteiger partial charge in [-0.25, -0.2) is 0 Å². The van der Waals surface area contributed by atoms with Crippen LogP contribution in [0, 0.1) is 0 Å². The van der Waals surface area contributed by atoms with E-state index in [4.69, 9.17) is 0 Å². The van der Waals surface area contributed by atoms with Crippen LogP contribution >= 0.6 is 0 Å². The predicted octanol–water partition coefficient (Wildman–Crippen LogP) is 1.17. The zero-order valence-corrected chi connectivity index (χ0v) is 10.4. The van der Waals surface area contributed by atoms with E-state index in [0.29, 0.717) is 0 Å². The van der Waals surface area contributed by atoms with E-state index in [2.05, 4.69) is 23.6 Å². The molecule has 1 fully saturated rings. The van der Waals surface area contributed by atoms with E-state index in [9.17, 15) is 5.11 Å². The molecule has 0 aromatic rings. The molecule has 3 nitrogen and oxygen atoms in total. The van der Waals surface area contributed by atoms with E-state index in [1.54, 1.807) is 0 Å². The largest absolute Gasteiger partial charge is 0.393 e. The molecule has 1 heterocycles. The van der Waals surface area contributed by atoms with Crippen LogP contribution in [0.5, 0.6) is 0 Å². The van der Waals surface area contributed by atoms with Gasteiger partial charge in [0.25, 0.3) is 0 Å². The summed E-state index contributed by atoms with van der Waals surface area (Å²) >= 11 is 0. The van der Waals surface area contributed by atoms with Crippen LogP contribution in [-0.4, -0.2) is 59.8 Å². The van der Waals surface area contributed by atoms with E-state index < -0.39 is 0 Å². The second-order valence-electron chi connectivity index (χ2n) is 4.60. The lowest BCUT2D eigenvalue weighted by Crippen LogP contribution is -2.37. The highest BCUT2D eigenvalue weighted by Gasteiger charge is 2.25. The fraction of sp³-hybridized carbons (Fsp3) is 1.00. The van der Waals surface area contributed by atoms with Gasteiger partial charge in [0, 0.05) is 19.1 Å². The van der Waals surface area contributed by atoms with Gasteiger partial charge in [-0.15, -0.1) is 0 Å². The first-order chi connectivity index (χ1) is 7.17. The van der Waals surface area contributed by atoms with Crippen LogP contribution < -0.4 is 0 Å². The molecular formula is C12H26N2O. The summed E-state index contributed by atoms with van der Waals surface area (Å²) in [6, 6.07) is 0.744. The Morgan fingerprint density at radius 1 is 1.40 bits per heavy atom. The first-order valence-corrected chi connectivity index (χ1v) is 6.31. The van der Waals surface area contributed by atoms with E-state index in [1.165, 1.54) is 19.5 Å². The topological polar surface area (TPSA) is 26.7 Å². The molecule has 1 N–H and O–H groups in total. The summed E-state index contributed by atoms with van der Waals surface area (Å²) in [5.74, 6) is 0. The fourth-order valence-corrected chi connectivity index (χ4v) is 2.42. The summed E-state index contributed by atoms with van der Waals surface area (Å²) < 4.78 is 0. The number of nitrogens with zero attached hydrogens (tertiary/aromatic N) is 2. The number of rotatable bonds is 6. The molecule has 3 heteroatoms. The van der Waals surface area contributed by atoms with Crippen LogP contribution in [0.25, 0.3) is 0 Å². The Morgan fingerprint density at radius 3 is 2.60 bits per heavy atom. The number of hydrogen-bond donors (Lipinski definition) is 1.